The van der Waals surface area contributed by atoms with Crippen molar-refractivity contribution in [3.05, 3.63) is 48.6 Å². The number of hydrogen-bond acceptors (Lipinski definition) is 3. The number of amides is 1. The van der Waals surface area contributed by atoms with E-state index >= 15 is 0 Å². The van der Waals surface area contributed by atoms with Crippen LogP contribution in [0.4, 0.5) is 11.4 Å². The summed E-state index contributed by atoms with van der Waals surface area (Å²) >= 11 is 0. The van der Waals surface area contributed by atoms with Crippen LogP contribution in [0.5, 0.6) is 0 Å². The number of nitrogens with zero attached hydrogens (tertiary/aromatic N) is 1. The number of morpholine rings is 1. The Labute approximate surface area is 119 Å². The molecule has 1 aromatic rings. The van der Waals surface area contributed by atoms with Crippen LogP contribution in [-0.4, -0.2) is 32.2 Å². The Morgan fingerprint density at radius 1 is 1.20 bits per heavy atom. The van der Waals surface area contributed by atoms with Crippen LogP contribution in [0.1, 0.15) is 6.92 Å². The molecule has 0 spiro atoms. The fourth-order valence-corrected chi connectivity index (χ4v) is 2.02. The van der Waals surface area contributed by atoms with Crippen LogP contribution in [0.3, 0.4) is 0 Å². The van der Waals surface area contributed by atoms with Gasteiger partial charge in [0.05, 0.1) is 13.2 Å². The van der Waals surface area contributed by atoms with Gasteiger partial charge in [-0.15, -0.1) is 0 Å². The number of benzene rings is 1. The number of hydrogen-bond donors (Lipinski definition) is 1. The first-order chi connectivity index (χ1) is 9.79. The molecule has 1 N–H and O–H groups in total. The van der Waals surface area contributed by atoms with Crippen molar-refractivity contribution in [3.63, 3.8) is 0 Å². The molecule has 1 fully saturated rings. The first-order valence-corrected chi connectivity index (χ1v) is 6.82. The second-order valence-corrected chi connectivity index (χ2v) is 4.52. The smallest absolute Gasteiger partial charge is 0.248 e. The molecular weight excluding hydrogens is 252 g/mol. The summed E-state index contributed by atoms with van der Waals surface area (Å²) in [6, 6.07) is 7.89. The first kappa shape index (κ1) is 14.3. The van der Waals surface area contributed by atoms with Gasteiger partial charge in [0.1, 0.15) is 0 Å². The lowest BCUT2D eigenvalue weighted by atomic mass is 10.2. The van der Waals surface area contributed by atoms with Crippen molar-refractivity contribution in [3.8, 4) is 0 Å². The normalized spacial score (nSPS) is 15.9. The largest absolute Gasteiger partial charge is 0.378 e. The molecule has 2 rings (SSSR count). The molecule has 4 heteroatoms. The van der Waals surface area contributed by atoms with Crippen LogP contribution in [0.2, 0.25) is 0 Å². The van der Waals surface area contributed by atoms with E-state index < -0.39 is 0 Å². The van der Waals surface area contributed by atoms with Gasteiger partial charge in [0.15, 0.2) is 0 Å². The maximum absolute atomic E-state index is 11.6. The van der Waals surface area contributed by atoms with Gasteiger partial charge in [-0.25, -0.2) is 0 Å². The molecule has 0 radical (unpaired) electrons. The van der Waals surface area contributed by atoms with Crippen LogP contribution in [0, 0.1) is 0 Å². The first-order valence-electron chi connectivity index (χ1n) is 6.82. The maximum Gasteiger partial charge on any atom is 0.248 e. The van der Waals surface area contributed by atoms with E-state index in [1.807, 2.05) is 43.3 Å². The highest BCUT2D eigenvalue weighted by Gasteiger charge is 2.10. The quantitative estimate of drug-likeness (QED) is 0.676. The molecule has 106 valence electrons. The molecule has 0 unspecified atom stereocenters. The molecule has 0 aromatic heterocycles. The van der Waals surface area contributed by atoms with Gasteiger partial charge in [-0.3, -0.25) is 4.79 Å². The number of ether oxygens (including phenoxy) is 1. The number of rotatable bonds is 4. The van der Waals surface area contributed by atoms with E-state index in [4.69, 9.17) is 4.74 Å². The summed E-state index contributed by atoms with van der Waals surface area (Å²) in [7, 11) is 0. The number of carbonyl (C=O) groups excluding carboxylic acids is 1. The number of allylic oxidation sites excluding steroid dienone is 3. The Kier molecular flexibility index (Phi) is 5.38. The molecule has 0 aliphatic carbocycles. The van der Waals surface area contributed by atoms with E-state index in [2.05, 4.69) is 10.2 Å². The molecule has 1 aliphatic rings. The van der Waals surface area contributed by atoms with E-state index in [9.17, 15) is 4.79 Å². The van der Waals surface area contributed by atoms with Gasteiger partial charge in [0, 0.05) is 30.5 Å². The lowest BCUT2D eigenvalue weighted by Gasteiger charge is -2.28. The molecule has 0 bridgehead atoms. The molecule has 1 amide bonds. The lowest BCUT2D eigenvalue weighted by molar-refractivity contribution is -0.111. The summed E-state index contributed by atoms with van der Waals surface area (Å²) in [5, 5.41) is 2.83. The molecule has 1 aliphatic heterocycles. The average molecular weight is 272 g/mol. The predicted octanol–water partition coefficient (Wildman–Crippen LogP) is 2.59. The van der Waals surface area contributed by atoms with Crippen molar-refractivity contribution in [2.75, 3.05) is 36.5 Å². The third kappa shape index (κ3) is 4.24. The fraction of sp³-hybridized carbons (Fsp3) is 0.312. The van der Waals surface area contributed by atoms with Gasteiger partial charge < -0.3 is 15.0 Å². The molecule has 0 atom stereocenters. The van der Waals surface area contributed by atoms with Crippen LogP contribution in [0.15, 0.2) is 48.6 Å². The van der Waals surface area contributed by atoms with Gasteiger partial charge in [0.25, 0.3) is 0 Å². The summed E-state index contributed by atoms with van der Waals surface area (Å²) in [4.78, 5) is 13.9. The van der Waals surface area contributed by atoms with Crippen molar-refractivity contribution >= 4 is 17.3 Å². The minimum atomic E-state index is -0.123. The van der Waals surface area contributed by atoms with Gasteiger partial charge in [0.2, 0.25) is 5.91 Å². The van der Waals surface area contributed by atoms with Crippen LogP contribution in [0.25, 0.3) is 0 Å². The Morgan fingerprint density at radius 2 is 1.90 bits per heavy atom. The summed E-state index contributed by atoms with van der Waals surface area (Å²) in [5.74, 6) is -0.123. The lowest BCUT2D eigenvalue weighted by Crippen LogP contribution is -2.36. The molecule has 1 aromatic carbocycles. The van der Waals surface area contributed by atoms with Crippen molar-refractivity contribution in [1.82, 2.24) is 0 Å². The van der Waals surface area contributed by atoms with Gasteiger partial charge >= 0.3 is 0 Å². The standard InChI is InChI=1S/C16H20N2O2/c1-2-3-4-5-16(19)17-14-6-8-15(9-7-14)18-10-12-20-13-11-18/h2-9H,10-13H2,1H3,(H,17,19)/b3-2+,5-4+. The van der Waals surface area contributed by atoms with Gasteiger partial charge in [-0.2, -0.15) is 0 Å². The Bertz CT molecular complexity index is 486. The van der Waals surface area contributed by atoms with Crippen LogP contribution in [-0.2, 0) is 9.53 Å². The van der Waals surface area contributed by atoms with E-state index in [0.29, 0.717) is 0 Å². The van der Waals surface area contributed by atoms with Crippen LogP contribution < -0.4 is 10.2 Å². The maximum atomic E-state index is 11.6. The van der Waals surface area contributed by atoms with Crippen molar-refractivity contribution < 1.29 is 9.53 Å². The highest BCUT2D eigenvalue weighted by atomic mass is 16.5. The van der Waals surface area contributed by atoms with Crippen LogP contribution >= 0.6 is 0 Å². The molecule has 1 saturated heterocycles. The fourth-order valence-electron chi connectivity index (χ4n) is 2.02. The Balaban J connectivity index is 1.92. The van der Waals surface area contributed by atoms with Gasteiger partial charge in [-0.05, 0) is 31.2 Å². The van der Waals surface area contributed by atoms with E-state index in [-0.39, 0.29) is 5.91 Å². The zero-order valence-corrected chi connectivity index (χ0v) is 11.7. The minimum absolute atomic E-state index is 0.123. The van der Waals surface area contributed by atoms with Crippen molar-refractivity contribution in [2.45, 2.75) is 6.92 Å². The summed E-state index contributed by atoms with van der Waals surface area (Å²) in [6.45, 7) is 5.28. The van der Waals surface area contributed by atoms with E-state index in [1.165, 1.54) is 6.08 Å². The summed E-state index contributed by atoms with van der Waals surface area (Å²) < 4.78 is 5.33. The SMILES string of the molecule is C/C=C/C=C/C(=O)Nc1ccc(N2CCOCC2)cc1. The zero-order chi connectivity index (χ0) is 14.2. The minimum Gasteiger partial charge on any atom is -0.378 e. The number of anilines is 2. The molecule has 4 nitrogen and oxygen atoms in total. The molecule has 1 heterocycles. The topological polar surface area (TPSA) is 41.6 Å². The van der Waals surface area contributed by atoms with Crippen molar-refractivity contribution in [2.24, 2.45) is 0 Å². The highest BCUT2D eigenvalue weighted by molar-refractivity contribution is 5.99. The summed E-state index contributed by atoms with van der Waals surface area (Å²) in [5.41, 5.74) is 1.97. The van der Waals surface area contributed by atoms with E-state index in [0.717, 1.165) is 37.7 Å². The van der Waals surface area contributed by atoms with E-state index in [1.54, 1.807) is 6.08 Å². The molecule has 20 heavy (non-hydrogen) atoms. The monoisotopic (exact) mass is 272 g/mol. The molecular formula is C16H20N2O2. The van der Waals surface area contributed by atoms with Crippen molar-refractivity contribution in [1.29, 1.82) is 0 Å². The number of carbonyl (C=O) groups is 1. The second kappa shape index (κ2) is 7.50. The second-order valence-electron chi connectivity index (χ2n) is 4.52. The third-order valence-corrected chi connectivity index (χ3v) is 3.06. The molecule has 0 saturated carbocycles. The zero-order valence-electron chi connectivity index (χ0n) is 11.7. The highest BCUT2D eigenvalue weighted by Crippen LogP contribution is 2.18. The third-order valence-electron chi connectivity index (χ3n) is 3.06. The number of nitrogens with one attached hydrogen (secondary N) is 1. The Morgan fingerprint density at radius 3 is 2.55 bits per heavy atom. The average Bonchev–Trinajstić information content (AvgIpc) is 2.49. The summed E-state index contributed by atoms with van der Waals surface area (Å²) in [6.07, 6.45) is 6.93. The predicted molar refractivity (Wildman–Crippen MR) is 82.1 cm³/mol. The Hall–Kier alpha value is -2.07. The van der Waals surface area contributed by atoms with Gasteiger partial charge in [-0.1, -0.05) is 18.2 Å².